The topological polar surface area (TPSA) is 41.1 Å². The largest absolute Gasteiger partial charge is 0.349 e. The maximum absolute atomic E-state index is 13.7. The molecule has 1 amide bonds. The minimum Gasteiger partial charge on any atom is -0.349 e. The van der Waals surface area contributed by atoms with Gasteiger partial charge in [0.1, 0.15) is 5.82 Å². The summed E-state index contributed by atoms with van der Waals surface area (Å²) < 4.78 is 13.7. The van der Waals surface area contributed by atoms with E-state index in [1.807, 2.05) is 13.0 Å². The normalized spacial score (nSPS) is 23.0. The lowest BCUT2D eigenvalue weighted by Crippen LogP contribution is -2.43. The lowest BCUT2D eigenvalue weighted by molar-refractivity contribution is -0.131. The molecule has 116 valence electrons. The molecule has 1 heterocycles. The second kappa shape index (κ2) is 6.56. The Morgan fingerprint density at radius 3 is 2.86 bits per heavy atom. The molecule has 0 spiro atoms. The van der Waals surface area contributed by atoms with E-state index in [9.17, 15) is 9.18 Å². The Hall–Kier alpha value is -1.42. The van der Waals surface area contributed by atoms with Gasteiger partial charge in [-0.05, 0) is 50.4 Å². The lowest BCUT2D eigenvalue weighted by atomic mass is 9.81. The number of amides is 1. The van der Waals surface area contributed by atoms with Crippen LogP contribution in [0.15, 0.2) is 18.2 Å². The minimum absolute atomic E-state index is 0.0860. The molecule has 1 fully saturated rings. The van der Waals surface area contributed by atoms with Crippen LogP contribution in [0.4, 0.5) is 4.39 Å². The fraction of sp³-hybridized carbons (Fsp3) is 0.588. The van der Waals surface area contributed by atoms with E-state index in [0.717, 1.165) is 37.9 Å². The van der Waals surface area contributed by atoms with Gasteiger partial charge in [-0.1, -0.05) is 25.5 Å². The van der Waals surface area contributed by atoms with Crippen LogP contribution in [0.1, 0.15) is 50.3 Å². The number of nitrogens with one attached hydrogen (secondary N) is 2. The molecular formula is C17H25FN2O. The van der Waals surface area contributed by atoms with E-state index in [4.69, 9.17) is 0 Å². The monoisotopic (exact) mass is 292 g/mol. The summed E-state index contributed by atoms with van der Waals surface area (Å²) in [6.07, 6.45) is 2.76. The number of benzene rings is 1. The van der Waals surface area contributed by atoms with Crippen molar-refractivity contribution in [2.45, 2.75) is 46.1 Å². The van der Waals surface area contributed by atoms with Crippen molar-refractivity contribution in [2.24, 2.45) is 5.41 Å². The van der Waals surface area contributed by atoms with Gasteiger partial charge >= 0.3 is 0 Å². The molecule has 1 aromatic carbocycles. The Labute approximate surface area is 126 Å². The SMILES string of the molecule is CCCC1(C(=O)NC(C)c2ccc(C)c(F)c2)CCNC1. The summed E-state index contributed by atoms with van der Waals surface area (Å²) in [7, 11) is 0. The Kier molecular flexibility index (Phi) is 4.99. The standard InChI is InChI=1S/C17H25FN2O/c1-4-7-17(8-9-19-11-17)16(21)20-13(3)14-6-5-12(2)15(18)10-14/h5-6,10,13,19H,4,7-9,11H2,1-3H3,(H,20,21). The maximum atomic E-state index is 13.7. The van der Waals surface area contributed by atoms with E-state index < -0.39 is 0 Å². The molecular weight excluding hydrogens is 267 g/mol. The van der Waals surface area contributed by atoms with Gasteiger partial charge < -0.3 is 10.6 Å². The molecule has 4 heteroatoms. The van der Waals surface area contributed by atoms with Crippen molar-refractivity contribution < 1.29 is 9.18 Å². The van der Waals surface area contributed by atoms with Gasteiger partial charge in [-0.25, -0.2) is 4.39 Å². The summed E-state index contributed by atoms with van der Waals surface area (Å²) in [6.45, 7) is 7.38. The zero-order valence-electron chi connectivity index (χ0n) is 13.1. The lowest BCUT2D eigenvalue weighted by Gasteiger charge is -2.28. The molecule has 21 heavy (non-hydrogen) atoms. The summed E-state index contributed by atoms with van der Waals surface area (Å²) in [4.78, 5) is 12.6. The predicted octanol–water partition coefficient (Wildman–Crippen LogP) is 3.09. The zero-order chi connectivity index (χ0) is 15.5. The van der Waals surface area contributed by atoms with Crippen LogP contribution < -0.4 is 10.6 Å². The van der Waals surface area contributed by atoms with Gasteiger partial charge in [0.2, 0.25) is 5.91 Å². The van der Waals surface area contributed by atoms with Crippen LogP contribution in [-0.4, -0.2) is 19.0 Å². The van der Waals surface area contributed by atoms with Gasteiger partial charge in [-0.15, -0.1) is 0 Å². The Morgan fingerprint density at radius 1 is 1.52 bits per heavy atom. The first-order valence-electron chi connectivity index (χ1n) is 7.76. The van der Waals surface area contributed by atoms with Gasteiger partial charge in [-0.2, -0.15) is 0 Å². The van der Waals surface area contributed by atoms with Gasteiger partial charge in [0.15, 0.2) is 0 Å². The molecule has 2 unspecified atom stereocenters. The van der Waals surface area contributed by atoms with Gasteiger partial charge in [0, 0.05) is 6.54 Å². The maximum Gasteiger partial charge on any atom is 0.228 e. The second-order valence-corrected chi connectivity index (χ2v) is 6.16. The van der Waals surface area contributed by atoms with Gasteiger partial charge in [-0.3, -0.25) is 4.79 Å². The molecule has 0 radical (unpaired) electrons. The highest BCUT2D eigenvalue weighted by Crippen LogP contribution is 2.32. The number of hydrogen-bond donors (Lipinski definition) is 2. The summed E-state index contributed by atoms with van der Waals surface area (Å²) in [5.74, 6) is -0.137. The summed E-state index contributed by atoms with van der Waals surface area (Å²) in [5, 5.41) is 6.35. The highest BCUT2D eigenvalue weighted by atomic mass is 19.1. The van der Waals surface area contributed by atoms with E-state index in [1.54, 1.807) is 13.0 Å². The summed E-state index contributed by atoms with van der Waals surface area (Å²) in [5.41, 5.74) is 1.13. The van der Waals surface area contributed by atoms with Crippen molar-refractivity contribution >= 4 is 5.91 Å². The van der Waals surface area contributed by atoms with Crippen molar-refractivity contribution in [3.05, 3.63) is 35.1 Å². The average molecular weight is 292 g/mol. The van der Waals surface area contributed by atoms with Gasteiger partial charge in [0.05, 0.1) is 11.5 Å². The van der Waals surface area contributed by atoms with Crippen molar-refractivity contribution in [1.29, 1.82) is 0 Å². The molecule has 2 rings (SSSR count). The van der Waals surface area contributed by atoms with Crippen LogP contribution >= 0.6 is 0 Å². The first kappa shape index (κ1) is 16.0. The first-order valence-corrected chi connectivity index (χ1v) is 7.76. The molecule has 0 bridgehead atoms. The second-order valence-electron chi connectivity index (χ2n) is 6.16. The highest BCUT2D eigenvalue weighted by Gasteiger charge is 2.40. The number of carbonyl (C=O) groups excluding carboxylic acids is 1. The number of rotatable bonds is 5. The third-order valence-corrected chi connectivity index (χ3v) is 4.50. The number of aryl methyl sites for hydroxylation is 1. The van der Waals surface area contributed by atoms with Crippen molar-refractivity contribution in [3.63, 3.8) is 0 Å². The highest BCUT2D eigenvalue weighted by molar-refractivity contribution is 5.83. The number of carbonyl (C=O) groups is 1. The van der Waals surface area contributed by atoms with E-state index in [0.29, 0.717) is 5.56 Å². The van der Waals surface area contributed by atoms with Crippen molar-refractivity contribution in [2.75, 3.05) is 13.1 Å². The zero-order valence-corrected chi connectivity index (χ0v) is 13.1. The molecule has 1 saturated heterocycles. The van der Waals surface area contributed by atoms with Crippen LogP contribution in [0.25, 0.3) is 0 Å². The van der Waals surface area contributed by atoms with E-state index in [2.05, 4.69) is 17.6 Å². The fourth-order valence-corrected chi connectivity index (χ4v) is 3.05. The first-order chi connectivity index (χ1) is 9.98. The van der Waals surface area contributed by atoms with Crippen LogP contribution in [-0.2, 0) is 4.79 Å². The fourth-order valence-electron chi connectivity index (χ4n) is 3.05. The number of hydrogen-bond acceptors (Lipinski definition) is 2. The Bertz CT molecular complexity index is 510. The number of halogens is 1. The molecule has 1 aromatic rings. The molecule has 0 aliphatic carbocycles. The molecule has 1 aliphatic heterocycles. The van der Waals surface area contributed by atoms with Crippen molar-refractivity contribution in [3.8, 4) is 0 Å². The summed E-state index contributed by atoms with van der Waals surface area (Å²) in [6, 6.07) is 4.97. The van der Waals surface area contributed by atoms with Crippen LogP contribution in [0.5, 0.6) is 0 Å². The van der Waals surface area contributed by atoms with E-state index in [-0.39, 0.29) is 23.2 Å². The van der Waals surface area contributed by atoms with Gasteiger partial charge in [0.25, 0.3) is 0 Å². The summed E-state index contributed by atoms with van der Waals surface area (Å²) >= 11 is 0. The smallest absolute Gasteiger partial charge is 0.228 e. The Morgan fingerprint density at radius 2 is 2.29 bits per heavy atom. The molecule has 3 nitrogen and oxygen atoms in total. The Balaban J connectivity index is 2.08. The molecule has 2 atom stereocenters. The van der Waals surface area contributed by atoms with Crippen LogP contribution in [0, 0.1) is 18.2 Å². The molecule has 0 aromatic heterocycles. The molecule has 0 saturated carbocycles. The quantitative estimate of drug-likeness (QED) is 0.875. The predicted molar refractivity (Wildman–Crippen MR) is 82.5 cm³/mol. The third-order valence-electron chi connectivity index (χ3n) is 4.50. The van der Waals surface area contributed by atoms with Crippen molar-refractivity contribution in [1.82, 2.24) is 10.6 Å². The van der Waals surface area contributed by atoms with Crippen LogP contribution in [0.2, 0.25) is 0 Å². The third kappa shape index (κ3) is 3.43. The molecule has 2 N–H and O–H groups in total. The van der Waals surface area contributed by atoms with Crippen LogP contribution in [0.3, 0.4) is 0 Å². The molecule has 1 aliphatic rings. The minimum atomic E-state index is -0.299. The van der Waals surface area contributed by atoms with E-state index >= 15 is 0 Å². The average Bonchev–Trinajstić information content (AvgIpc) is 2.92. The van der Waals surface area contributed by atoms with E-state index in [1.165, 1.54) is 6.07 Å².